The van der Waals surface area contributed by atoms with Crippen molar-refractivity contribution < 1.29 is 14.6 Å². The van der Waals surface area contributed by atoms with Crippen LogP contribution in [-0.4, -0.2) is 23.8 Å². The summed E-state index contributed by atoms with van der Waals surface area (Å²) >= 11 is 1.41. The van der Waals surface area contributed by atoms with Crippen molar-refractivity contribution in [1.29, 1.82) is 0 Å². The van der Waals surface area contributed by atoms with Crippen molar-refractivity contribution in [2.75, 3.05) is 12.0 Å². The normalized spacial score (nSPS) is 11.8. The lowest BCUT2D eigenvalue weighted by Crippen LogP contribution is -2.26. The van der Waals surface area contributed by atoms with Gasteiger partial charge in [0.05, 0.1) is 25.1 Å². The summed E-state index contributed by atoms with van der Waals surface area (Å²) in [4.78, 5) is 19.2. The number of benzene rings is 3. The SMILES string of the molecule is COc1ccc(N=C(S/C(C)=C\c2ccc(CO)cc2)N(C=O)c2ccccc2)cc1. The summed E-state index contributed by atoms with van der Waals surface area (Å²) in [6.45, 7) is 1.99. The molecule has 0 bridgehead atoms. The smallest absolute Gasteiger partial charge is 0.220 e. The summed E-state index contributed by atoms with van der Waals surface area (Å²) < 4.78 is 5.21. The molecule has 0 aliphatic rings. The molecule has 0 unspecified atom stereocenters. The van der Waals surface area contributed by atoms with Gasteiger partial charge in [-0.25, -0.2) is 4.99 Å². The van der Waals surface area contributed by atoms with E-state index in [1.807, 2.05) is 91.9 Å². The number of carbonyl (C=O) groups is 1. The van der Waals surface area contributed by atoms with Crippen molar-refractivity contribution in [3.8, 4) is 5.75 Å². The van der Waals surface area contributed by atoms with Crippen LogP contribution in [0.5, 0.6) is 5.75 Å². The molecule has 0 aromatic heterocycles. The van der Waals surface area contributed by atoms with Gasteiger partial charge in [-0.05, 0) is 65.4 Å². The molecule has 3 aromatic rings. The zero-order valence-corrected chi connectivity index (χ0v) is 18.3. The Morgan fingerprint density at radius 2 is 1.71 bits per heavy atom. The average molecular weight is 433 g/mol. The summed E-state index contributed by atoms with van der Waals surface area (Å²) in [5, 5.41) is 9.75. The van der Waals surface area contributed by atoms with Crippen LogP contribution in [0.25, 0.3) is 6.08 Å². The third-order valence-electron chi connectivity index (χ3n) is 4.43. The predicted molar refractivity (Wildman–Crippen MR) is 129 cm³/mol. The first kappa shape index (κ1) is 22.3. The van der Waals surface area contributed by atoms with Gasteiger partial charge in [0.15, 0.2) is 5.17 Å². The molecule has 0 heterocycles. The van der Waals surface area contributed by atoms with Crippen molar-refractivity contribution in [2.45, 2.75) is 13.5 Å². The Balaban J connectivity index is 1.94. The number of rotatable bonds is 7. The van der Waals surface area contributed by atoms with E-state index in [4.69, 9.17) is 9.73 Å². The maximum Gasteiger partial charge on any atom is 0.220 e. The molecule has 0 saturated carbocycles. The van der Waals surface area contributed by atoms with E-state index in [-0.39, 0.29) is 6.61 Å². The lowest BCUT2D eigenvalue weighted by molar-refractivity contribution is -0.106. The van der Waals surface area contributed by atoms with E-state index in [1.54, 1.807) is 7.11 Å². The first-order valence-corrected chi connectivity index (χ1v) is 10.5. The molecular weight excluding hydrogens is 408 g/mol. The van der Waals surface area contributed by atoms with Gasteiger partial charge >= 0.3 is 0 Å². The molecule has 31 heavy (non-hydrogen) atoms. The van der Waals surface area contributed by atoms with E-state index in [2.05, 4.69) is 0 Å². The van der Waals surface area contributed by atoms with Crippen LogP contribution in [0.3, 0.4) is 0 Å². The molecule has 6 heteroatoms. The molecule has 3 rings (SSSR count). The standard InChI is InChI=1S/C25H24N2O3S/c1-19(16-20-8-10-21(17-28)11-9-20)31-25(26-22-12-14-24(30-2)15-13-22)27(18-29)23-6-4-3-5-7-23/h3-16,18,28H,17H2,1-2H3/b19-16-,26-25?. The van der Waals surface area contributed by atoms with E-state index >= 15 is 0 Å². The van der Waals surface area contributed by atoms with Crippen LogP contribution in [0.15, 0.2) is 88.8 Å². The predicted octanol–water partition coefficient (Wildman–Crippen LogP) is 5.63. The number of methoxy groups -OCH3 is 1. The van der Waals surface area contributed by atoms with Crippen molar-refractivity contribution in [3.63, 3.8) is 0 Å². The number of amidine groups is 1. The highest BCUT2D eigenvalue weighted by atomic mass is 32.2. The number of carbonyl (C=O) groups excluding carboxylic acids is 1. The molecule has 0 saturated heterocycles. The van der Waals surface area contributed by atoms with Gasteiger partial charge in [0, 0.05) is 0 Å². The van der Waals surface area contributed by atoms with Gasteiger partial charge in [-0.1, -0.05) is 54.2 Å². The summed E-state index contributed by atoms with van der Waals surface area (Å²) in [5.41, 5.74) is 3.31. The first-order chi connectivity index (χ1) is 15.1. The number of aliphatic hydroxyl groups is 1. The Morgan fingerprint density at radius 1 is 1.03 bits per heavy atom. The number of hydrogen-bond acceptors (Lipinski definition) is 5. The Hall–Kier alpha value is -3.35. The first-order valence-electron chi connectivity index (χ1n) is 9.71. The Bertz CT molecular complexity index is 1050. The zero-order valence-electron chi connectivity index (χ0n) is 17.4. The van der Waals surface area contributed by atoms with Crippen LogP contribution >= 0.6 is 11.8 Å². The number of para-hydroxylation sites is 1. The minimum Gasteiger partial charge on any atom is -0.497 e. The van der Waals surface area contributed by atoms with Gasteiger partial charge < -0.3 is 9.84 Å². The van der Waals surface area contributed by atoms with Gasteiger partial charge in [-0.3, -0.25) is 9.69 Å². The number of hydrogen-bond donors (Lipinski definition) is 1. The number of anilines is 1. The molecule has 0 radical (unpaired) electrons. The van der Waals surface area contributed by atoms with Crippen LogP contribution < -0.4 is 9.64 Å². The van der Waals surface area contributed by atoms with Crippen LogP contribution in [0.2, 0.25) is 0 Å². The lowest BCUT2D eigenvalue weighted by Gasteiger charge is -2.19. The second-order valence-electron chi connectivity index (χ2n) is 6.66. The number of nitrogens with zero attached hydrogens (tertiary/aromatic N) is 2. The molecule has 1 amide bonds. The van der Waals surface area contributed by atoms with Crippen molar-refractivity contribution >= 4 is 40.8 Å². The number of aliphatic hydroxyl groups excluding tert-OH is 1. The van der Waals surface area contributed by atoms with Crippen LogP contribution in [-0.2, 0) is 11.4 Å². The minimum atomic E-state index is 0.0156. The number of amides is 1. The van der Waals surface area contributed by atoms with Gasteiger partial charge in [0.1, 0.15) is 5.75 Å². The van der Waals surface area contributed by atoms with E-state index < -0.39 is 0 Å². The summed E-state index contributed by atoms with van der Waals surface area (Å²) in [6.07, 6.45) is 2.79. The number of allylic oxidation sites excluding steroid dienone is 1. The lowest BCUT2D eigenvalue weighted by atomic mass is 10.1. The molecule has 0 spiro atoms. The summed E-state index contributed by atoms with van der Waals surface area (Å²) in [6, 6.07) is 24.4. The molecule has 0 aliphatic carbocycles. The minimum absolute atomic E-state index is 0.0156. The highest BCUT2D eigenvalue weighted by molar-refractivity contribution is 8.17. The Morgan fingerprint density at radius 3 is 2.29 bits per heavy atom. The highest BCUT2D eigenvalue weighted by Gasteiger charge is 2.15. The van der Waals surface area contributed by atoms with E-state index in [0.29, 0.717) is 10.9 Å². The van der Waals surface area contributed by atoms with E-state index in [0.717, 1.165) is 33.9 Å². The molecule has 3 aromatic carbocycles. The Labute approximate surface area is 186 Å². The maximum atomic E-state index is 12.0. The number of aliphatic imine (C=N–C) groups is 1. The fourth-order valence-corrected chi connectivity index (χ4v) is 3.71. The van der Waals surface area contributed by atoms with Crippen LogP contribution in [0, 0.1) is 0 Å². The highest BCUT2D eigenvalue weighted by Crippen LogP contribution is 2.28. The van der Waals surface area contributed by atoms with Crippen molar-refractivity contribution in [1.82, 2.24) is 0 Å². The third-order valence-corrected chi connectivity index (χ3v) is 5.34. The second-order valence-corrected chi connectivity index (χ2v) is 7.87. The average Bonchev–Trinajstić information content (AvgIpc) is 2.81. The third kappa shape index (κ3) is 6.31. The van der Waals surface area contributed by atoms with E-state index in [1.165, 1.54) is 16.7 Å². The molecular formula is C25H24N2O3S. The Kier molecular flexibility index (Phi) is 8.04. The van der Waals surface area contributed by atoms with Gasteiger partial charge in [0.25, 0.3) is 0 Å². The van der Waals surface area contributed by atoms with E-state index in [9.17, 15) is 9.90 Å². The maximum absolute atomic E-state index is 12.0. The van der Waals surface area contributed by atoms with Gasteiger partial charge in [-0.15, -0.1) is 0 Å². The molecule has 1 N–H and O–H groups in total. The molecule has 0 aliphatic heterocycles. The van der Waals surface area contributed by atoms with Crippen molar-refractivity contribution in [2.24, 2.45) is 4.99 Å². The topological polar surface area (TPSA) is 62.1 Å². The zero-order chi connectivity index (χ0) is 22.1. The summed E-state index contributed by atoms with van der Waals surface area (Å²) in [5.74, 6) is 0.742. The quantitative estimate of drug-likeness (QED) is 0.298. The number of ether oxygens (including phenoxy) is 1. The van der Waals surface area contributed by atoms with Gasteiger partial charge in [0.2, 0.25) is 6.41 Å². The van der Waals surface area contributed by atoms with Gasteiger partial charge in [-0.2, -0.15) is 0 Å². The molecule has 0 atom stereocenters. The second kappa shape index (κ2) is 11.2. The molecule has 5 nitrogen and oxygen atoms in total. The fourth-order valence-electron chi connectivity index (χ4n) is 2.83. The van der Waals surface area contributed by atoms with Crippen LogP contribution in [0.4, 0.5) is 11.4 Å². The number of thioether (sulfide) groups is 1. The summed E-state index contributed by atoms with van der Waals surface area (Å²) in [7, 11) is 1.62. The largest absolute Gasteiger partial charge is 0.497 e. The van der Waals surface area contributed by atoms with Crippen LogP contribution in [0.1, 0.15) is 18.1 Å². The van der Waals surface area contributed by atoms with Crippen molar-refractivity contribution in [3.05, 3.63) is 94.9 Å². The monoisotopic (exact) mass is 432 g/mol. The fraction of sp³-hybridized carbons (Fsp3) is 0.120. The molecule has 0 fully saturated rings. The molecule has 158 valence electrons.